The highest BCUT2D eigenvalue weighted by Crippen LogP contribution is 2.72. The summed E-state index contributed by atoms with van der Waals surface area (Å²) < 4.78 is 0. The van der Waals surface area contributed by atoms with Crippen LogP contribution in [-0.2, 0) is 0 Å². The molecule has 1 saturated carbocycles. The van der Waals surface area contributed by atoms with Crippen molar-refractivity contribution >= 4 is 5.95 Å². The number of nitrogens with one attached hydrogen (secondary N) is 2. The number of rotatable bonds is 2. The number of hydrogen-bond donors (Lipinski definition) is 2. The lowest BCUT2D eigenvalue weighted by atomic mass is 10.0. The van der Waals surface area contributed by atoms with Gasteiger partial charge < -0.3 is 10.2 Å². The zero-order chi connectivity index (χ0) is 13.8. The Labute approximate surface area is 115 Å². The van der Waals surface area contributed by atoms with E-state index >= 15 is 0 Å². The average molecular weight is 263 g/mol. The Hall–Kier alpha value is -1.10. The summed E-state index contributed by atoms with van der Waals surface area (Å²) in [5, 5.41) is 11.0. The SMILES string of the molecule is C[C@@H]1CN(c2n[nH]c(C3C(C)(C)C3(C)C)n2)CCN1. The molecule has 1 saturated heterocycles. The third-order valence-electron chi connectivity index (χ3n) is 5.44. The maximum Gasteiger partial charge on any atom is 0.244 e. The van der Waals surface area contributed by atoms with E-state index in [1.807, 2.05) is 0 Å². The second-order valence-corrected chi connectivity index (χ2v) is 7.20. The minimum atomic E-state index is 0.306. The molecule has 0 unspecified atom stereocenters. The summed E-state index contributed by atoms with van der Waals surface area (Å²) in [5.41, 5.74) is 0.612. The fraction of sp³-hybridized carbons (Fsp3) is 0.857. The third-order valence-corrected chi connectivity index (χ3v) is 5.44. The Morgan fingerprint density at radius 2 is 1.89 bits per heavy atom. The van der Waals surface area contributed by atoms with Gasteiger partial charge in [-0.3, -0.25) is 5.10 Å². The van der Waals surface area contributed by atoms with Gasteiger partial charge in [-0.1, -0.05) is 27.7 Å². The average Bonchev–Trinajstić information content (AvgIpc) is 2.70. The van der Waals surface area contributed by atoms with Crippen LogP contribution < -0.4 is 10.2 Å². The van der Waals surface area contributed by atoms with Crippen molar-refractivity contribution in [1.82, 2.24) is 20.5 Å². The normalized spacial score (nSPS) is 29.5. The Bertz CT molecular complexity index is 462. The molecule has 1 aromatic heterocycles. The van der Waals surface area contributed by atoms with Crippen LogP contribution in [0.2, 0.25) is 0 Å². The van der Waals surface area contributed by atoms with Crippen LogP contribution in [0.5, 0.6) is 0 Å². The number of piperazine rings is 1. The Balaban J connectivity index is 1.78. The molecular formula is C14H25N5. The Morgan fingerprint density at radius 3 is 2.47 bits per heavy atom. The summed E-state index contributed by atoms with van der Waals surface area (Å²) in [6, 6.07) is 0.504. The molecule has 0 spiro atoms. The summed E-state index contributed by atoms with van der Waals surface area (Å²) in [4.78, 5) is 7.02. The number of aromatic amines is 1. The fourth-order valence-corrected chi connectivity index (χ4v) is 3.53. The molecule has 5 nitrogen and oxygen atoms in total. The summed E-state index contributed by atoms with van der Waals surface area (Å²) in [6.45, 7) is 14.4. The predicted octanol–water partition coefficient (Wildman–Crippen LogP) is 1.75. The van der Waals surface area contributed by atoms with Crippen molar-refractivity contribution in [2.24, 2.45) is 10.8 Å². The number of aromatic nitrogens is 3. The number of anilines is 1. The minimum absolute atomic E-state index is 0.306. The topological polar surface area (TPSA) is 56.8 Å². The first-order valence-corrected chi connectivity index (χ1v) is 7.24. The highest BCUT2D eigenvalue weighted by Gasteiger charge is 2.66. The van der Waals surface area contributed by atoms with Crippen molar-refractivity contribution in [3.05, 3.63) is 5.82 Å². The van der Waals surface area contributed by atoms with Crippen molar-refractivity contribution in [2.45, 2.75) is 46.6 Å². The second kappa shape index (κ2) is 3.95. The van der Waals surface area contributed by atoms with Gasteiger partial charge >= 0.3 is 0 Å². The smallest absolute Gasteiger partial charge is 0.244 e. The molecule has 0 bridgehead atoms. The first-order valence-electron chi connectivity index (χ1n) is 7.24. The van der Waals surface area contributed by atoms with Crippen LogP contribution in [0, 0.1) is 10.8 Å². The summed E-state index contributed by atoms with van der Waals surface area (Å²) >= 11 is 0. The van der Waals surface area contributed by atoms with Gasteiger partial charge in [0.05, 0.1) is 0 Å². The fourth-order valence-electron chi connectivity index (χ4n) is 3.53. The van der Waals surface area contributed by atoms with Gasteiger partial charge in [-0.2, -0.15) is 4.98 Å². The molecule has 2 fully saturated rings. The van der Waals surface area contributed by atoms with Gasteiger partial charge in [0.15, 0.2) is 0 Å². The molecule has 5 heteroatoms. The predicted molar refractivity (Wildman–Crippen MR) is 76.4 cm³/mol. The minimum Gasteiger partial charge on any atom is -0.337 e. The van der Waals surface area contributed by atoms with E-state index in [1.54, 1.807) is 0 Å². The van der Waals surface area contributed by atoms with Gasteiger partial charge in [0.2, 0.25) is 5.95 Å². The van der Waals surface area contributed by atoms with Gasteiger partial charge in [-0.15, -0.1) is 5.10 Å². The zero-order valence-corrected chi connectivity index (χ0v) is 12.6. The van der Waals surface area contributed by atoms with Gasteiger partial charge in [0.1, 0.15) is 5.82 Å². The lowest BCUT2D eigenvalue weighted by Crippen LogP contribution is -2.49. The van der Waals surface area contributed by atoms with Crippen molar-refractivity contribution in [3.8, 4) is 0 Å². The van der Waals surface area contributed by atoms with Crippen LogP contribution in [0.4, 0.5) is 5.95 Å². The molecule has 2 heterocycles. The molecule has 106 valence electrons. The van der Waals surface area contributed by atoms with Crippen LogP contribution in [-0.4, -0.2) is 40.9 Å². The monoisotopic (exact) mass is 263 g/mol. The lowest BCUT2D eigenvalue weighted by Gasteiger charge is -2.30. The molecule has 0 aromatic carbocycles. The van der Waals surface area contributed by atoms with Crippen LogP contribution >= 0.6 is 0 Å². The molecular weight excluding hydrogens is 238 g/mol. The van der Waals surface area contributed by atoms with E-state index in [0.717, 1.165) is 31.4 Å². The van der Waals surface area contributed by atoms with Crippen LogP contribution in [0.1, 0.15) is 46.4 Å². The lowest BCUT2D eigenvalue weighted by molar-refractivity contribution is 0.457. The Kier molecular flexibility index (Phi) is 2.68. The molecule has 0 radical (unpaired) electrons. The van der Waals surface area contributed by atoms with E-state index in [1.165, 1.54) is 0 Å². The number of nitrogens with zero attached hydrogens (tertiary/aromatic N) is 3. The van der Waals surface area contributed by atoms with E-state index in [4.69, 9.17) is 4.98 Å². The molecule has 1 atom stereocenters. The standard InChI is InChI=1S/C14H25N5/c1-9-8-19(7-6-15-9)12-16-11(17-18-12)10-13(2,3)14(10,4)5/h9-10,15H,6-8H2,1-5H3,(H,16,17,18)/t9-/m1/s1. The molecule has 1 aromatic rings. The van der Waals surface area contributed by atoms with Gasteiger partial charge in [-0.25, -0.2) is 0 Å². The third kappa shape index (κ3) is 1.86. The van der Waals surface area contributed by atoms with Crippen molar-refractivity contribution in [2.75, 3.05) is 24.5 Å². The van der Waals surface area contributed by atoms with E-state index in [-0.39, 0.29) is 0 Å². The van der Waals surface area contributed by atoms with E-state index < -0.39 is 0 Å². The molecule has 1 aliphatic carbocycles. The highest BCUT2D eigenvalue weighted by atomic mass is 15.4. The molecule has 2 aliphatic rings. The summed E-state index contributed by atoms with van der Waals surface area (Å²) in [5.74, 6) is 2.40. The highest BCUT2D eigenvalue weighted by molar-refractivity contribution is 5.34. The quantitative estimate of drug-likeness (QED) is 0.853. The van der Waals surface area contributed by atoms with Crippen LogP contribution in [0.3, 0.4) is 0 Å². The summed E-state index contributed by atoms with van der Waals surface area (Å²) in [7, 11) is 0. The molecule has 19 heavy (non-hydrogen) atoms. The zero-order valence-electron chi connectivity index (χ0n) is 12.6. The summed E-state index contributed by atoms with van der Waals surface area (Å²) in [6.07, 6.45) is 0. The van der Waals surface area contributed by atoms with Crippen LogP contribution in [0.25, 0.3) is 0 Å². The first kappa shape index (κ1) is 12.9. The van der Waals surface area contributed by atoms with Crippen LogP contribution in [0.15, 0.2) is 0 Å². The van der Waals surface area contributed by atoms with E-state index in [2.05, 4.69) is 55.0 Å². The van der Waals surface area contributed by atoms with E-state index in [9.17, 15) is 0 Å². The maximum atomic E-state index is 4.75. The Morgan fingerprint density at radius 1 is 1.21 bits per heavy atom. The largest absolute Gasteiger partial charge is 0.337 e. The van der Waals surface area contributed by atoms with Gasteiger partial charge in [0, 0.05) is 31.6 Å². The number of hydrogen-bond acceptors (Lipinski definition) is 4. The number of H-pyrrole nitrogens is 1. The van der Waals surface area contributed by atoms with Crippen molar-refractivity contribution in [1.29, 1.82) is 0 Å². The molecule has 0 amide bonds. The van der Waals surface area contributed by atoms with Crippen molar-refractivity contribution < 1.29 is 0 Å². The van der Waals surface area contributed by atoms with Gasteiger partial charge in [0.25, 0.3) is 0 Å². The van der Waals surface area contributed by atoms with Gasteiger partial charge in [-0.05, 0) is 17.8 Å². The maximum absolute atomic E-state index is 4.75. The van der Waals surface area contributed by atoms with Crippen molar-refractivity contribution in [3.63, 3.8) is 0 Å². The second-order valence-electron chi connectivity index (χ2n) is 7.20. The molecule has 3 rings (SSSR count). The molecule has 1 aliphatic heterocycles. The molecule has 2 N–H and O–H groups in total. The first-order chi connectivity index (χ1) is 8.84. The van der Waals surface area contributed by atoms with E-state index in [0.29, 0.717) is 22.8 Å².